The molecule has 0 saturated carbocycles. The van der Waals surface area contributed by atoms with Gasteiger partial charge < -0.3 is 0 Å². The van der Waals surface area contributed by atoms with E-state index in [1.165, 1.54) is 0 Å². The van der Waals surface area contributed by atoms with Crippen LogP contribution in [0.15, 0.2) is 0 Å². The van der Waals surface area contributed by atoms with E-state index in [0.29, 0.717) is 0 Å². The molecule has 0 aliphatic carbocycles. The fourth-order valence-corrected chi connectivity index (χ4v) is 0. The van der Waals surface area contributed by atoms with Gasteiger partial charge in [-0.2, -0.15) is 0 Å². The van der Waals surface area contributed by atoms with Crippen LogP contribution < -0.4 is 0 Å². The zero-order valence-electron chi connectivity index (χ0n) is 3.58. The Hall–Kier alpha value is 1.26. The van der Waals surface area contributed by atoms with Crippen LogP contribution in [0.2, 0.25) is 0 Å². The molecule has 2 radical (unpaired) electrons. The Kier molecular flexibility index (Phi) is 12.1. The Morgan fingerprint density at radius 1 is 1.43 bits per heavy atom. The third kappa shape index (κ3) is 126. The first-order valence-electron chi connectivity index (χ1n) is 0.752. The summed E-state index contributed by atoms with van der Waals surface area (Å²) in [5.41, 5.74) is 0. The van der Waals surface area contributed by atoms with E-state index in [-0.39, 0.29) is 37.4 Å². The van der Waals surface area contributed by atoms with E-state index >= 15 is 0 Å². The van der Waals surface area contributed by atoms with Gasteiger partial charge in [-0.15, -0.1) is 4.20 Å². The molecule has 3 nitrogen and oxygen atoms in total. The Labute approximate surface area is 64.0 Å². The van der Waals surface area contributed by atoms with Crippen LogP contribution in [-0.2, 0) is 23.1 Å². The first kappa shape index (κ1) is 15.7. The van der Waals surface area contributed by atoms with Gasteiger partial charge in [-0.3, -0.25) is 9.79 Å². The molecule has 0 unspecified atom stereocenters. The van der Waals surface area contributed by atoms with Crippen LogP contribution >= 0.6 is 7.91 Å². The summed E-state index contributed by atoms with van der Waals surface area (Å²) in [5, 5.41) is 0. The van der Waals surface area contributed by atoms with Gasteiger partial charge in [-0.25, -0.2) is 4.57 Å². The molecule has 0 aliphatic heterocycles. The zero-order chi connectivity index (χ0) is 4.50. The molecule has 0 bridgehead atoms. The molecule has 7 heteroatoms. The second-order valence-corrected chi connectivity index (χ2v) is 1.42. The van der Waals surface area contributed by atoms with Crippen LogP contribution in [0.4, 0.5) is 4.20 Å². The maximum atomic E-state index is 10.4. The van der Waals surface area contributed by atoms with Crippen molar-refractivity contribution in [2.24, 2.45) is 0 Å². The van der Waals surface area contributed by atoms with Crippen molar-refractivity contribution in [3.05, 3.63) is 0 Å². The average molecular weight is 158 g/mol. The van der Waals surface area contributed by atoms with Gasteiger partial charge in [0, 0.05) is 37.4 Å². The van der Waals surface area contributed by atoms with E-state index in [1.54, 1.807) is 0 Å². The molecular formula is H2FLiO3PV. The predicted octanol–water partition coefficient (Wildman–Crippen LogP) is -0.335. The van der Waals surface area contributed by atoms with Gasteiger partial charge in [0.2, 0.25) is 0 Å². The van der Waals surface area contributed by atoms with Gasteiger partial charge in [-0.05, 0) is 0 Å². The van der Waals surface area contributed by atoms with Crippen LogP contribution in [0.3, 0.4) is 0 Å². The molecule has 0 atom stereocenters. The van der Waals surface area contributed by atoms with E-state index in [9.17, 15) is 4.20 Å². The number of hydrogen-bond donors (Lipinski definition) is 2. The van der Waals surface area contributed by atoms with Crippen molar-refractivity contribution in [3.63, 3.8) is 0 Å². The summed E-state index contributed by atoms with van der Waals surface area (Å²) in [5.74, 6) is 0. The molecule has 0 spiro atoms. The normalized spacial score (nSPS) is 8.43. The quantitative estimate of drug-likeness (QED) is 0.374. The molecule has 0 aromatic rings. The smallest absolute Gasteiger partial charge is 0.299 e. The third-order valence-electron chi connectivity index (χ3n) is 0. The monoisotopic (exact) mass is 158 g/mol. The van der Waals surface area contributed by atoms with Crippen molar-refractivity contribution in [2.45, 2.75) is 0 Å². The minimum atomic E-state index is -5.14. The molecule has 0 rings (SSSR count). The zero-order valence-corrected chi connectivity index (χ0v) is 5.87. The largest absolute Gasteiger partial charge is 0.507 e. The maximum absolute atomic E-state index is 10.4. The summed E-state index contributed by atoms with van der Waals surface area (Å²) in [6, 6.07) is 0. The van der Waals surface area contributed by atoms with Crippen molar-refractivity contribution in [3.8, 4) is 0 Å². The molecular weight excluding hydrogens is 156 g/mol. The first-order chi connectivity index (χ1) is 2.00. The van der Waals surface area contributed by atoms with E-state index in [0.717, 1.165) is 0 Å². The summed E-state index contributed by atoms with van der Waals surface area (Å²) in [7, 11) is -5.14. The first-order valence-corrected chi connectivity index (χ1v) is 2.25. The molecule has 0 heterocycles. The van der Waals surface area contributed by atoms with Crippen molar-refractivity contribution < 1.29 is 37.1 Å². The second-order valence-electron chi connectivity index (χ2n) is 0.473. The molecule has 0 amide bonds. The van der Waals surface area contributed by atoms with Crippen LogP contribution in [0.1, 0.15) is 0 Å². The molecule has 2 N–H and O–H groups in total. The standard InChI is InChI=1S/FH2O3P.Li.V/c1-5(2,3)4;;/h(H2,2,3,4);;. The summed E-state index contributed by atoms with van der Waals surface area (Å²) in [4.78, 5) is 13.9. The Bertz CT molecular complexity index is 61.1. The summed E-state index contributed by atoms with van der Waals surface area (Å²) in [6.07, 6.45) is 0. The molecule has 0 fully saturated rings. The topological polar surface area (TPSA) is 57.5 Å². The summed E-state index contributed by atoms with van der Waals surface area (Å²) >= 11 is 0. The predicted molar refractivity (Wildman–Crippen MR) is 18.9 cm³/mol. The summed E-state index contributed by atoms with van der Waals surface area (Å²) in [6.45, 7) is 0. The van der Waals surface area contributed by atoms with Gasteiger partial charge in [0.15, 0.2) is 0 Å². The van der Waals surface area contributed by atoms with Gasteiger partial charge >= 0.3 is 7.91 Å². The average Bonchev–Trinajstić information content (AvgIpc) is 0.722. The molecule has 0 aromatic carbocycles. The second kappa shape index (κ2) is 5.40. The fraction of sp³-hybridized carbons (Fsp3) is 0. The van der Waals surface area contributed by atoms with E-state index < -0.39 is 7.91 Å². The van der Waals surface area contributed by atoms with E-state index in [1.807, 2.05) is 0 Å². The Balaban J connectivity index is -0.0000000800. The number of hydrogen-bond acceptors (Lipinski definition) is 1. The van der Waals surface area contributed by atoms with Crippen LogP contribution in [-0.4, -0.2) is 28.6 Å². The minimum Gasteiger partial charge on any atom is -0.299 e. The van der Waals surface area contributed by atoms with Gasteiger partial charge in [0.25, 0.3) is 0 Å². The van der Waals surface area contributed by atoms with E-state index in [2.05, 4.69) is 0 Å². The molecule has 38 valence electrons. The third-order valence-corrected chi connectivity index (χ3v) is 0. The van der Waals surface area contributed by atoms with Crippen LogP contribution in [0.25, 0.3) is 0 Å². The molecule has 0 aliphatic rings. The van der Waals surface area contributed by atoms with Crippen molar-refractivity contribution in [2.75, 3.05) is 0 Å². The fourth-order valence-electron chi connectivity index (χ4n) is 0. The van der Waals surface area contributed by atoms with Gasteiger partial charge in [0.1, 0.15) is 0 Å². The van der Waals surface area contributed by atoms with Crippen LogP contribution in [0.5, 0.6) is 0 Å². The molecule has 0 saturated heterocycles. The number of rotatable bonds is 0. The van der Waals surface area contributed by atoms with Crippen molar-refractivity contribution >= 4 is 26.8 Å². The van der Waals surface area contributed by atoms with Crippen molar-refractivity contribution in [1.29, 1.82) is 0 Å². The minimum absolute atomic E-state index is 0. The Morgan fingerprint density at radius 3 is 1.43 bits per heavy atom. The summed E-state index contributed by atoms with van der Waals surface area (Å²) < 4.78 is 19.0. The molecule has 0 aromatic heterocycles. The maximum Gasteiger partial charge on any atom is 0.507 e. The van der Waals surface area contributed by atoms with Gasteiger partial charge in [0.05, 0.1) is 0 Å². The number of halogens is 1. The van der Waals surface area contributed by atoms with E-state index in [4.69, 9.17) is 14.4 Å². The SMILES string of the molecule is O=P(O)(O)F.[Li].[V]. The molecule has 7 heavy (non-hydrogen) atoms. The Morgan fingerprint density at radius 2 is 1.43 bits per heavy atom. The van der Waals surface area contributed by atoms with Gasteiger partial charge in [-0.1, -0.05) is 0 Å². The van der Waals surface area contributed by atoms with Crippen LogP contribution in [0, 0.1) is 0 Å². The van der Waals surface area contributed by atoms with Crippen molar-refractivity contribution in [1.82, 2.24) is 0 Å².